The standard InChI is InChI=1S/C21H18Cl2N2O2/c1-13-5-6-14(2)19(10-13)24-20(26)17-4-3-9-25(21(17)27)12-15-7-8-16(22)11-18(15)23/h3-11H,12H2,1-2H3,(H,24,26). The maximum atomic E-state index is 12.8. The second kappa shape index (κ2) is 7.99. The number of nitrogens with one attached hydrogen (secondary N) is 1. The number of hydrogen-bond donors (Lipinski definition) is 1. The largest absolute Gasteiger partial charge is 0.322 e. The van der Waals surface area contributed by atoms with Gasteiger partial charge in [0.1, 0.15) is 5.56 Å². The van der Waals surface area contributed by atoms with Crippen LogP contribution in [-0.2, 0) is 6.54 Å². The van der Waals surface area contributed by atoms with Gasteiger partial charge in [0.05, 0.1) is 6.54 Å². The van der Waals surface area contributed by atoms with Crippen LogP contribution < -0.4 is 10.9 Å². The number of amides is 1. The number of nitrogens with zero attached hydrogens (tertiary/aromatic N) is 1. The summed E-state index contributed by atoms with van der Waals surface area (Å²) in [6, 6.07) is 14.1. The van der Waals surface area contributed by atoms with E-state index >= 15 is 0 Å². The summed E-state index contributed by atoms with van der Waals surface area (Å²) in [6.07, 6.45) is 1.63. The predicted octanol–water partition coefficient (Wildman–Crippen LogP) is 5.07. The summed E-state index contributed by atoms with van der Waals surface area (Å²) in [7, 11) is 0. The van der Waals surface area contributed by atoms with Crippen molar-refractivity contribution in [3.8, 4) is 0 Å². The Morgan fingerprint density at radius 3 is 2.59 bits per heavy atom. The molecular weight excluding hydrogens is 383 g/mol. The van der Waals surface area contributed by atoms with Crippen molar-refractivity contribution in [3.63, 3.8) is 0 Å². The molecular formula is C21H18Cl2N2O2. The molecule has 1 heterocycles. The molecule has 0 spiro atoms. The van der Waals surface area contributed by atoms with Gasteiger partial charge in [0.2, 0.25) is 0 Å². The van der Waals surface area contributed by atoms with E-state index in [-0.39, 0.29) is 17.7 Å². The number of carbonyl (C=O) groups is 1. The summed E-state index contributed by atoms with van der Waals surface area (Å²) >= 11 is 12.1. The maximum Gasteiger partial charge on any atom is 0.263 e. The van der Waals surface area contributed by atoms with Crippen molar-refractivity contribution >= 4 is 34.8 Å². The van der Waals surface area contributed by atoms with Gasteiger partial charge in [-0.05, 0) is 60.9 Å². The van der Waals surface area contributed by atoms with Crippen molar-refractivity contribution in [3.05, 3.63) is 97.4 Å². The lowest BCUT2D eigenvalue weighted by Crippen LogP contribution is -2.29. The Morgan fingerprint density at radius 2 is 1.85 bits per heavy atom. The van der Waals surface area contributed by atoms with Gasteiger partial charge in [-0.2, -0.15) is 0 Å². The van der Waals surface area contributed by atoms with Gasteiger partial charge in [0.15, 0.2) is 0 Å². The van der Waals surface area contributed by atoms with Crippen LogP contribution in [-0.4, -0.2) is 10.5 Å². The molecule has 0 aliphatic rings. The van der Waals surface area contributed by atoms with Crippen molar-refractivity contribution in [2.45, 2.75) is 20.4 Å². The van der Waals surface area contributed by atoms with Gasteiger partial charge < -0.3 is 9.88 Å². The molecule has 3 aromatic rings. The van der Waals surface area contributed by atoms with Gasteiger partial charge in [0, 0.05) is 21.9 Å². The molecule has 0 bridgehead atoms. The Morgan fingerprint density at radius 1 is 1.07 bits per heavy atom. The second-order valence-electron chi connectivity index (χ2n) is 6.36. The van der Waals surface area contributed by atoms with Crippen LogP contribution >= 0.6 is 23.2 Å². The molecule has 3 rings (SSSR count). The Hall–Kier alpha value is -2.56. The van der Waals surface area contributed by atoms with Crippen molar-refractivity contribution in [1.29, 1.82) is 0 Å². The van der Waals surface area contributed by atoms with E-state index in [2.05, 4.69) is 5.32 Å². The lowest BCUT2D eigenvalue weighted by molar-refractivity contribution is 0.102. The van der Waals surface area contributed by atoms with Crippen LogP contribution in [0.25, 0.3) is 0 Å². The predicted molar refractivity (Wildman–Crippen MR) is 110 cm³/mol. The van der Waals surface area contributed by atoms with Gasteiger partial charge >= 0.3 is 0 Å². The van der Waals surface area contributed by atoms with Gasteiger partial charge in [-0.15, -0.1) is 0 Å². The highest BCUT2D eigenvalue weighted by Crippen LogP contribution is 2.21. The summed E-state index contributed by atoms with van der Waals surface area (Å²) < 4.78 is 1.45. The topological polar surface area (TPSA) is 51.1 Å². The van der Waals surface area contributed by atoms with Gasteiger partial charge in [-0.1, -0.05) is 41.4 Å². The molecule has 0 radical (unpaired) electrons. The molecule has 1 aromatic heterocycles. The van der Waals surface area contributed by atoms with Crippen LogP contribution in [0.3, 0.4) is 0 Å². The van der Waals surface area contributed by atoms with Crippen molar-refractivity contribution in [2.24, 2.45) is 0 Å². The lowest BCUT2D eigenvalue weighted by Gasteiger charge is -2.12. The minimum atomic E-state index is -0.440. The van der Waals surface area contributed by atoms with Crippen molar-refractivity contribution < 1.29 is 4.79 Å². The fourth-order valence-corrected chi connectivity index (χ4v) is 3.20. The van der Waals surface area contributed by atoms with Crippen molar-refractivity contribution in [1.82, 2.24) is 4.57 Å². The molecule has 6 heteroatoms. The Kier molecular flexibility index (Phi) is 5.68. The van der Waals surface area contributed by atoms with E-state index in [1.54, 1.807) is 30.5 Å². The summed E-state index contributed by atoms with van der Waals surface area (Å²) in [4.78, 5) is 25.4. The number of halogens is 2. The summed E-state index contributed by atoms with van der Waals surface area (Å²) in [6.45, 7) is 4.10. The van der Waals surface area contributed by atoms with Crippen LogP contribution in [0.1, 0.15) is 27.0 Å². The number of aromatic nitrogens is 1. The van der Waals surface area contributed by atoms with E-state index in [9.17, 15) is 9.59 Å². The fourth-order valence-electron chi connectivity index (χ4n) is 2.73. The minimum Gasteiger partial charge on any atom is -0.322 e. The zero-order valence-corrected chi connectivity index (χ0v) is 16.4. The SMILES string of the molecule is Cc1ccc(C)c(NC(=O)c2cccn(Cc3ccc(Cl)cc3Cl)c2=O)c1. The summed E-state index contributed by atoms with van der Waals surface area (Å²) in [5.74, 6) is -0.440. The Bertz CT molecular complexity index is 1070. The van der Waals surface area contributed by atoms with Crippen LogP contribution in [0.2, 0.25) is 10.0 Å². The van der Waals surface area contributed by atoms with Gasteiger partial charge in [-0.3, -0.25) is 9.59 Å². The molecule has 1 amide bonds. The van der Waals surface area contributed by atoms with Crippen molar-refractivity contribution in [2.75, 3.05) is 5.32 Å². The molecule has 0 fully saturated rings. The van der Waals surface area contributed by atoms with Crippen LogP contribution in [0.15, 0.2) is 59.5 Å². The quantitative estimate of drug-likeness (QED) is 0.664. The molecule has 27 heavy (non-hydrogen) atoms. The van der Waals surface area contributed by atoms with E-state index in [4.69, 9.17) is 23.2 Å². The number of rotatable bonds is 4. The number of carbonyl (C=O) groups excluding carboxylic acids is 1. The third-order valence-electron chi connectivity index (χ3n) is 4.26. The van der Waals surface area contributed by atoms with E-state index in [1.807, 2.05) is 32.0 Å². The average Bonchev–Trinajstić information content (AvgIpc) is 2.62. The molecule has 0 saturated carbocycles. The number of benzene rings is 2. The van der Waals surface area contributed by atoms with E-state index in [0.717, 1.165) is 16.7 Å². The third-order valence-corrected chi connectivity index (χ3v) is 4.85. The number of anilines is 1. The Balaban J connectivity index is 1.89. The zero-order chi connectivity index (χ0) is 19.6. The molecule has 0 aliphatic heterocycles. The van der Waals surface area contributed by atoms with Gasteiger partial charge in [0.25, 0.3) is 11.5 Å². The van der Waals surface area contributed by atoms with Crippen LogP contribution in [0.5, 0.6) is 0 Å². The molecule has 0 saturated heterocycles. The van der Waals surface area contributed by atoms with Crippen LogP contribution in [0.4, 0.5) is 5.69 Å². The van der Waals surface area contributed by atoms with Gasteiger partial charge in [-0.25, -0.2) is 0 Å². The normalized spacial score (nSPS) is 10.7. The molecule has 4 nitrogen and oxygen atoms in total. The molecule has 2 aromatic carbocycles. The molecule has 0 aliphatic carbocycles. The highest BCUT2D eigenvalue weighted by Gasteiger charge is 2.14. The maximum absolute atomic E-state index is 12.8. The first-order chi connectivity index (χ1) is 12.8. The smallest absolute Gasteiger partial charge is 0.263 e. The third kappa shape index (κ3) is 4.41. The summed E-state index contributed by atoms with van der Waals surface area (Å²) in [5, 5.41) is 3.82. The molecule has 138 valence electrons. The molecule has 0 atom stereocenters. The van der Waals surface area contributed by atoms with Crippen LogP contribution in [0, 0.1) is 13.8 Å². The second-order valence-corrected chi connectivity index (χ2v) is 7.21. The fraction of sp³-hybridized carbons (Fsp3) is 0.143. The van der Waals surface area contributed by atoms with E-state index in [1.165, 1.54) is 10.6 Å². The van der Waals surface area contributed by atoms with E-state index < -0.39 is 5.91 Å². The monoisotopic (exact) mass is 400 g/mol. The lowest BCUT2D eigenvalue weighted by atomic mass is 10.1. The highest BCUT2D eigenvalue weighted by molar-refractivity contribution is 6.35. The minimum absolute atomic E-state index is 0.0727. The average molecular weight is 401 g/mol. The first-order valence-corrected chi connectivity index (χ1v) is 9.13. The molecule has 1 N–H and O–H groups in total. The molecule has 0 unspecified atom stereocenters. The summed E-state index contributed by atoms with van der Waals surface area (Å²) in [5.41, 5.74) is 3.08. The first-order valence-electron chi connectivity index (χ1n) is 8.37. The Labute approximate surface area is 167 Å². The number of hydrogen-bond acceptors (Lipinski definition) is 2. The first kappa shape index (κ1) is 19.2. The number of pyridine rings is 1. The van der Waals surface area contributed by atoms with E-state index in [0.29, 0.717) is 15.7 Å². The number of aryl methyl sites for hydroxylation is 2. The highest BCUT2D eigenvalue weighted by atomic mass is 35.5. The zero-order valence-electron chi connectivity index (χ0n) is 14.9.